The molecule has 2 rings (SSSR count). The molecule has 0 saturated carbocycles. The number of carbonyl (C=O) groups is 1. The lowest BCUT2D eigenvalue weighted by Gasteiger charge is -2.12. The van der Waals surface area contributed by atoms with Crippen LogP contribution >= 0.6 is 11.6 Å². The lowest BCUT2D eigenvalue weighted by Crippen LogP contribution is -2.41. The number of nitrogens with one attached hydrogen (secondary N) is 2. The number of hydrogen-bond acceptors (Lipinski definition) is 4. The molecule has 0 unspecified atom stereocenters. The summed E-state index contributed by atoms with van der Waals surface area (Å²) < 4.78 is 29.8. The van der Waals surface area contributed by atoms with Crippen molar-refractivity contribution >= 4 is 27.5 Å². The quantitative estimate of drug-likeness (QED) is 0.701. The number of hydrogen-bond donors (Lipinski definition) is 2. The normalized spacial score (nSPS) is 12.5. The Bertz CT molecular complexity index is 883. The minimum Gasteiger partial charge on any atom is -0.496 e. The lowest BCUT2D eigenvalue weighted by molar-refractivity contribution is 0.0942. The second-order valence-electron chi connectivity index (χ2n) is 5.78. The first-order valence-electron chi connectivity index (χ1n) is 8.04. The van der Waals surface area contributed by atoms with E-state index in [1.807, 2.05) is 0 Å². The number of benzene rings is 2. The number of amides is 1. The number of halogens is 1. The minimum absolute atomic E-state index is 0.0583. The van der Waals surface area contributed by atoms with Crippen LogP contribution in [0.1, 0.15) is 42.1 Å². The Morgan fingerprint density at radius 1 is 1.19 bits per heavy atom. The zero-order valence-electron chi connectivity index (χ0n) is 14.7. The summed E-state index contributed by atoms with van der Waals surface area (Å²) in [5.41, 5.74) is 3.35. The zero-order valence-corrected chi connectivity index (χ0v) is 16.3. The first kappa shape index (κ1) is 20.2. The molecule has 0 bridgehead atoms. The van der Waals surface area contributed by atoms with Gasteiger partial charge in [0.1, 0.15) is 5.75 Å². The number of sulfonamides is 1. The summed E-state index contributed by atoms with van der Waals surface area (Å²) in [5, 5.41) is 0.333. The molecule has 0 heterocycles. The minimum atomic E-state index is -3.90. The Balaban J connectivity index is 2.13. The van der Waals surface area contributed by atoms with Crippen molar-refractivity contribution < 1.29 is 17.9 Å². The van der Waals surface area contributed by atoms with Gasteiger partial charge in [-0.2, -0.15) is 0 Å². The van der Waals surface area contributed by atoms with Crippen LogP contribution < -0.4 is 15.0 Å². The topological polar surface area (TPSA) is 84.5 Å². The van der Waals surface area contributed by atoms with Crippen LogP contribution in [0.3, 0.4) is 0 Å². The number of rotatable bonds is 7. The Morgan fingerprint density at radius 2 is 1.85 bits per heavy atom. The summed E-state index contributed by atoms with van der Waals surface area (Å²) in [6.07, 6.45) is 0.960. The van der Waals surface area contributed by atoms with E-state index in [9.17, 15) is 13.2 Å². The molecule has 0 spiro atoms. The van der Waals surface area contributed by atoms with Crippen molar-refractivity contribution in [3.63, 3.8) is 0 Å². The van der Waals surface area contributed by atoms with E-state index in [1.54, 1.807) is 18.2 Å². The van der Waals surface area contributed by atoms with Crippen molar-refractivity contribution in [2.45, 2.75) is 31.1 Å². The molecule has 1 amide bonds. The molecule has 0 aliphatic rings. The third-order valence-corrected chi connectivity index (χ3v) is 5.58. The highest BCUT2D eigenvalue weighted by Gasteiger charge is 2.18. The van der Waals surface area contributed by atoms with E-state index < -0.39 is 15.9 Å². The van der Waals surface area contributed by atoms with E-state index in [1.165, 1.54) is 31.4 Å². The van der Waals surface area contributed by atoms with Gasteiger partial charge in [0.25, 0.3) is 15.9 Å². The number of hydrazine groups is 1. The van der Waals surface area contributed by atoms with E-state index in [4.69, 9.17) is 16.3 Å². The smallest absolute Gasteiger partial charge is 0.270 e. The summed E-state index contributed by atoms with van der Waals surface area (Å²) in [5.74, 6) is -0.0529. The van der Waals surface area contributed by atoms with Gasteiger partial charge in [0.2, 0.25) is 0 Å². The van der Waals surface area contributed by atoms with Crippen LogP contribution in [0, 0.1) is 0 Å². The Morgan fingerprint density at radius 3 is 2.42 bits per heavy atom. The van der Waals surface area contributed by atoms with Crippen molar-refractivity contribution in [1.82, 2.24) is 10.3 Å². The fraction of sp³-hybridized carbons (Fsp3) is 0.278. The highest BCUT2D eigenvalue weighted by molar-refractivity contribution is 7.89. The van der Waals surface area contributed by atoms with E-state index >= 15 is 0 Å². The third-order valence-electron chi connectivity index (χ3n) is 4.08. The summed E-state index contributed by atoms with van der Waals surface area (Å²) in [7, 11) is -2.49. The highest BCUT2D eigenvalue weighted by Crippen LogP contribution is 2.23. The van der Waals surface area contributed by atoms with Crippen LogP contribution in [0.2, 0.25) is 5.02 Å². The fourth-order valence-corrected chi connectivity index (χ4v) is 3.32. The molecule has 0 aromatic heterocycles. The van der Waals surface area contributed by atoms with E-state index in [0.717, 1.165) is 12.0 Å². The number of carbonyl (C=O) groups excluding carboxylic acids is 1. The van der Waals surface area contributed by atoms with Gasteiger partial charge in [0.15, 0.2) is 0 Å². The Hall–Kier alpha value is -2.09. The third kappa shape index (κ3) is 4.75. The second kappa shape index (κ2) is 8.53. The van der Waals surface area contributed by atoms with Gasteiger partial charge in [0, 0.05) is 5.02 Å². The second-order valence-corrected chi connectivity index (χ2v) is 7.90. The van der Waals surface area contributed by atoms with Crippen LogP contribution in [0.5, 0.6) is 5.75 Å². The molecule has 1 atom stereocenters. The molecule has 2 aromatic carbocycles. The monoisotopic (exact) mass is 396 g/mol. The molecule has 0 aliphatic carbocycles. The van der Waals surface area contributed by atoms with Gasteiger partial charge >= 0.3 is 0 Å². The maximum absolute atomic E-state index is 12.4. The van der Waals surface area contributed by atoms with Gasteiger partial charge in [-0.1, -0.05) is 37.6 Å². The molecule has 26 heavy (non-hydrogen) atoms. The van der Waals surface area contributed by atoms with Crippen LogP contribution in [0.15, 0.2) is 47.4 Å². The standard InChI is InChI=1S/C18H21ClN2O4S/c1-4-12(2)13-5-8-15(9-6-13)26(23,24)21-20-18(22)16-11-14(19)7-10-17(16)25-3/h5-12,21H,4H2,1-3H3,(H,20,22)/t12-/m0/s1. The summed E-state index contributed by atoms with van der Waals surface area (Å²) in [6.45, 7) is 4.14. The lowest BCUT2D eigenvalue weighted by atomic mass is 9.99. The van der Waals surface area contributed by atoms with Crippen molar-refractivity contribution in [2.24, 2.45) is 0 Å². The van der Waals surface area contributed by atoms with Crippen LogP contribution in [-0.2, 0) is 10.0 Å². The number of methoxy groups -OCH3 is 1. The Labute approximate surface area is 158 Å². The molecule has 2 aromatic rings. The van der Waals surface area contributed by atoms with Gasteiger partial charge in [-0.15, -0.1) is 4.83 Å². The van der Waals surface area contributed by atoms with Crippen LogP contribution in [0.4, 0.5) is 0 Å². The molecule has 0 saturated heterocycles. The van der Waals surface area contributed by atoms with Gasteiger partial charge in [0.05, 0.1) is 17.6 Å². The maximum Gasteiger partial charge on any atom is 0.270 e. The van der Waals surface area contributed by atoms with Gasteiger partial charge in [-0.3, -0.25) is 10.2 Å². The maximum atomic E-state index is 12.4. The molecular weight excluding hydrogens is 376 g/mol. The zero-order chi connectivity index (χ0) is 19.3. The summed E-state index contributed by atoms with van der Waals surface area (Å²) in [4.78, 5) is 14.4. The molecule has 0 fully saturated rings. The summed E-state index contributed by atoms with van der Waals surface area (Å²) in [6, 6.07) is 11.0. The van der Waals surface area contributed by atoms with Crippen molar-refractivity contribution in [2.75, 3.05) is 7.11 Å². The SMILES string of the molecule is CC[C@H](C)c1ccc(S(=O)(=O)NNC(=O)c2cc(Cl)ccc2OC)cc1. The molecular formula is C18H21ClN2O4S. The van der Waals surface area contributed by atoms with E-state index in [2.05, 4.69) is 24.1 Å². The van der Waals surface area contributed by atoms with Gasteiger partial charge < -0.3 is 4.74 Å². The van der Waals surface area contributed by atoms with Crippen molar-refractivity contribution in [3.05, 3.63) is 58.6 Å². The van der Waals surface area contributed by atoms with Gasteiger partial charge in [-0.05, 0) is 48.2 Å². The Kier molecular flexibility index (Phi) is 6.63. The van der Waals surface area contributed by atoms with Crippen LogP contribution in [0.25, 0.3) is 0 Å². The largest absolute Gasteiger partial charge is 0.496 e. The predicted octanol–water partition coefficient (Wildman–Crippen LogP) is 3.49. The molecule has 0 radical (unpaired) electrons. The average Bonchev–Trinajstić information content (AvgIpc) is 2.65. The van der Waals surface area contributed by atoms with E-state index in [-0.39, 0.29) is 16.2 Å². The fourth-order valence-electron chi connectivity index (χ4n) is 2.31. The van der Waals surface area contributed by atoms with Gasteiger partial charge in [-0.25, -0.2) is 8.42 Å². The molecule has 0 aliphatic heterocycles. The first-order valence-corrected chi connectivity index (χ1v) is 9.90. The predicted molar refractivity (Wildman–Crippen MR) is 101 cm³/mol. The summed E-state index contributed by atoms with van der Waals surface area (Å²) >= 11 is 5.88. The molecule has 6 nitrogen and oxygen atoms in total. The average molecular weight is 397 g/mol. The highest BCUT2D eigenvalue weighted by atomic mass is 35.5. The first-order chi connectivity index (χ1) is 12.3. The molecule has 140 valence electrons. The van der Waals surface area contributed by atoms with E-state index in [0.29, 0.717) is 10.9 Å². The number of ether oxygens (including phenoxy) is 1. The van der Waals surface area contributed by atoms with Crippen molar-refractivity contribution in [3.8, 4) is 5.75 Å². The van der Waals surface area contributed by atoms with Crippen LogP contribution in [-0.4, -0.2) is 21.4 Å². The molecule has 8 heteroatoms. The van der Waals surface area contributed by atoms with Crippen molar-refractivity contribution in [1.29, 1.82) is 0 Å². The molecule has 2 N–H and O–H groups in total.